The molecule has 1 rings (SSSR count). The number of hydrogen-bond acceptors (Lipinski definition) is 3. The van der Waals surface area contributed by atoms with Crippen molar-refractivity contribution in [2.24, 2.45) is 0 Å². The lowest BCUT2D eigenvalue weighted by Gasteiger charge is -2.41. The zero-order valence-corrected chi connectivity index (χ0v) is 13.7. The van der Waals surface area contributed by atoms with Crippen molar-refractivity contribution in [2.75, 3.05) is 6.54 Å². The first kappa shape index (κ1) is 16.1. The van der Waals surface area contributed by atoms with Gasteiger partial charge in [0.15, 0.2) is 8.32 Å². The molecule has 1 aliphatic heterocycles. The molecule has 0 aromatic rings. The van der Waals surface area contributed by atoms with Gasteiger partial charge in [0.25, 0.3) is 5.91 Å². The topological polar surface area (TPSA) is 46.6 Å². The Hall–Kier alpha value is -0.943. The van der Waals surface area contributed by atoms with E-state index in [0.29, 0.717) is 12.8 Å². The fourth-order valence-corrected chi connectivity index (χ4v) is 3.06. The average molecular weight is 283 g/mol. The number of imide groups is 1. The van der Waals surface area contributed by atoms with Crippen LogP contribution in [0.15, 0.2) is 12.7 Å². The van der Waals surface area contributed by atoms with Gasteiger partial charge in [0.1, 0.15) is 6.10 Å². The minimum atomic E-state index is -1.99. The molecule has 1 saturated heterocycles. The molecule has 0 spiro atoms. The summed E-state index contributed by atoms with van der Waals surface area (Å²) in [6.07, 6.45) is 1.97. The fraction of sp³-hybridized carbons (Fsp3) is 0.714. The van der Waals surface area contributed by atoms with E-state index in [4.69, 9.17) is 4.43 Å². The molecule has 1 heterocycles. The van der Waals surface area contributed by atoms with Crippen LogP contribution in [0.3, 0.4) is 0 Å². The molecule has 19 heavy (non-hydrogen) atoms. The Labute approximate surface area is 116 Å². The smallest absolute Gasteiger partial charge is 0.257 e. The van der Waals surface area contributed by atoms with Gasteiger partial charge in [0, 0.05) is 13.0 Å². The molecule has 0 saturated carbocycles. The summed E-state index contributed by atoms with van der Waals surface area (Å²) in [6, 6.07) is 0. The van der Waals surface area contributed by atoms with Crippen LogP contribution in [0.5, 0.6) is 0 Å². The first-order valence-corrected chi connectivity index (χ1v) is 9.64. The van der Waals surface area contributed by atoms with Crippen LogP contribution in [-0.4, -0.2) is 37.7 Å². The predicted octanol–water partition coefficient (Wildman–Crippen LogP) is 2.71. The molecule has 5 heteroatoms. The molecule has 108 valence electrons. The van der Waals surface area contributed by atoms with Crippen molar-refractivity contribution < 1.29 is 14.0 Å². The quantitative estimate of drug-likeness (QED) is 0.453. The summed E-state index contributed by atoms with van der Waals surface area (Å²) >= 11 is 0. The highest BCUT2D eigenvalue weighted by Crippen LogP contribution is 2.38. The molecule has 4 nitrogen and oxygen atoms in total. The number of carbonyl (C=O) groups excluding carboxylic acids is 2. The SMILES string of the molecule is C=CCN1C(=O)CCC(O[Si](C)(C)C(C)(C)C)C1=O. The molecule has 0 aromatic heterocycles. The van der Waals surface area contributed by atoms with Crippen molar-refractivity contribution in [2.45, 2.75) is 57.8 Å². The summed E-state index contributed by atoms with van der Waals surface area (Å²) in [5.41, 5.74) is 0. The first-order valence-electron chi connectivity index (χ1n) is 6.73. The minimum Gasteiger partial charge on any atom is -0.405 e. The molecule has 0 bridgehead atoms. The van der Waals surface area contributed by atoms with Gasteiger partial charge >= 0.3 is 0 Å². The Bertz CT molecular complexity index is 385. The maximum atomic E-state index is 12.3. The Kier molecular flexibility index (Phi) is 4.74. The van der Waals surface area contributed by atoms with E-state index in [1.54, 1.807) is 6.08 Å². The minimum absolute atomic E-state index is 0.0536. The third kappa shape index (κ3) is 3.54. The average Bonchev–Trinajstić information content (AvgIpc) is 2.26. The normalized spacial score (nSPS) is 21.7. The molecule has 1 fully saturated rings. The number of hydrogen-bond donors (Lipinski definition) is 0. The van der Waals surface area contributed by atoms with E-state index in [-0.39, 0.29) is 23.4 Å². The van der Waals surface area contributed by atoms with Crippen molar-refractivity contribution >= 4 is 20.1 Å². The van der Waals surface area contributed by atoms with Gasteiger partial charge in [0.05, 0.1) is 0 Å². The number of piperidine rings is 1. The van der Waals surface area contributed by atoms with Crippen LogP contribution in [0, 0.1) is 0 Å². The number of rotatable bonds is 4. The lowest BCUT2D eigenvalue weighted by molar-refractivity contribution is -0.154. The highest BCUT2D eigenvalue weighted by Gasteiger charge is 2.43. The summed E-state index contributed by atoms with van der Waals surface area (Å²) in [6.45, 7) is 14.5. The van der Waals surface area contributed by atoms with Gasteiger partial charge in [-0.3, -0.25) is 14.5 Å². The van der Waals surface area contributed by atoms with E-state index in [2.05, 4.69) is 40.4 Å². The first-order chi connectivity index (χ1) is 8.60. The largest absolute Gasteiger partial charge is 0.405 e. The molecule has 1 unspecified atom stereocenters. The second-order valence-electron chi connectivity index (χ2n) is 6.54. The summed E-state index contributed by atoms with van der Waals surface area (Å²) in [5.74, 6) is -0.332. The Morgan fingerprint density at radius 2 is 2.00 bits per heavy atom. The third-order valence-corrected chi connectivity index (χ3v) is 8.50. The standard InChI is InChI=1S/C14H25NO3Si/c1-7-10-15-12(16)9-8-11(13(15)17)18-19(5,6)14(2,3)4/h7,11H,1,8-10H2,2-6H3. The van der Waals surface area contributed by atoms with E-state index < -0.39 is 14.4 Å². The Balaban J connectivity index is 2.83. The van der Waals surface area contributed by atoms with Gasteiger partial charge in [-0.15, -0.1) is 6.58 Å². The van der Waals surface area contributed by atoms with E-state index >= 15 is 0 Å². The molecule has 0 N–H and O–H groups in total. The number of likely N-dealkylation sites (tertiary alicyclic amines) is 1. The van der Waals surface area contributed by atoms with Crippen molar-refractivity contribution in [3.63, 3.8) is 0 Å². The van der Waals surface area contributed by atoms with Gasteiger partial charge in [-0.25, -0.2) is 0 Å². The lowest BCUT2D eigenvalue weighted by Crippen LogP contribution is -2.53. The van der Waals surface area contributed by atoms with Crippen LogP contribution in [0.2, 0.25) is 18.1 Å². The van der Waals surface area contributed by atoms with Gasteiger partial charge in [-0.1, -0.05) is 26.8 Å². The summed E-state index contributed by atoms with van der Waals surface area (Å²) in [7, 11) is -1.99. The third-order valence-electron chi connectivity index (χ3n) is 4.02. The molecule has 1 atom stereocenters. The van der Waals surface area contributed by atoms with E-state index in [0.717, 1.165) is 0 Å². The highest BCUT2D eigenvalue weighted by molar-refractivity contribution is 6.74. The summed E-state index contributed by atoms with van der Waals surface area (Å²) in [4.78, 5) is 25.3. The van der Waals surface area contributed by atoms with E-state index in [1.807, 2.05) is 0 Å². The van der Waals surface area contributed by atoms with Crippen LogP contribution in [-0.2, 0) is 14.0 Å². The zero-order chi connectivity index (χ0) is 14.8. The molecular formula is C14H25NO3Si. The number of nitrogens with zero attached hydrogens (tertiary/aromatic N) is 1. The molecule has 0 aliphatic carbocycles. The molecule has 2 amide bonds. The van der Waals surface area contributed by atoms with Crippen molar-refractivity contribution in [3.05, 3.63) is 12.7 Å². The van der Waals surface area contributed by atoms with Gasteiger partial charge in [-0.05, 0) is 24.6 Å². The monoisotopic (exact) mass is 283 g/mol. The fourth-order valence-electron chi connectivity index (χ4n) is 1.77. The van der Waals surface area contributed by atoms with E-state index in [1.165, 1.54) is 4.90 Å². The van der Waals surface area contributed by atoms with Crippen molar-refractivity contribution in [1.82, 2.24) is 4.90 Å². The Morgan fingerprint density at radius 1 is 1.42 bits per heavy atom. The molecule has 1 aliphatic rings. The van der Waals surface area contributed by atoms with E-state index in [9.17, 15) is 9.59 Å². The molecular weight excluding hydrogens is 258 g/mol. The van der Waals surface area contributed by atoms with Crippen LogP contribution in [0.25, 0.3) is 0 Å². The lowest BCUT2D eigenvalue weighted by atomic mass is 10.1. The van der Waals surface area contributed by atoms with Gasteiger partial charge in [-0.2, -0.15) is 0 Å². The molecule has 0 radical (unpaired) electrons. The van der Waals surface area contributed by atoms with Crippen LogP contribution in [0.1, 0.15) is 33.6 Å². The van der Waals surface area contributed by atoms with Crippen LogP contribution in [0.4, 0.5) is 0 Å². The molecule has 0 aromatic carbocycles. The maximum Gasteiger partial charge on any atom is 0.257 e. The second kappa shape index (κ2) is 5.59. The van der Waals surface area contributed by atoms with Crippen molar-refractivity contribution in [3.8, 4) is 0 Å². The zero-order valence-electron chi connectivity index (χ0n) is 12.7. The maximum absolute atomic E-state index is 12.3. The number of carbonyl (C=O) groups is 2. The van der Waals surface area contributed by atoms with Gasteiger partial charge in [0.2, 0.25) is 5.91 Å². The van der Waals surface area contributed by atoms with Crippen LogP contribution >= 0.6 is 0 Å². The van der Waals surface area contributed by atoms with Crippen LogP contribution < -0.4 is 0 Å². The summed E-state index contributed by atoms with van der Waals surface area (Å²) < 4.78 is 6.14. The second-order valence-corrected chi connectivity index (χ2v) is 11.3. The van der Waals surface area contributed by atoms with Crippen molar-refractivity contribution in [1.29, 1.82) is 0 Å². The Morgan fingerprint density at radius 3 is 2.47 bits per heavy atom. The number of amides is 2. The highest BCUT2D eigenvalue weighted by atomic mass is 28.4. The summed E-state index contributed by atoms with van der Waals surface area (Å²) in [5, 5.41) is 0.0536. The van der Waals surface area contributed by atoms with Gasteiger partial charge < -0.3 is 4.43 Å². The predicted molar refractivity (Wildman–Crippen MR) is 78.2 cm³/mol.